The molecule has 0 aliphatic carbocycles. The molecule has 1 heterocycles. The van der Waals surface area contributed by atoms with Crippen LogP contribution in [0.25, 0.3) is 0 Å². The maximum atomic E-state index is 12.1. The molecule has 1 aromatic heterocycles. The Bertz CT molecular complexity index is 847. The second-order valence-electron chi connectivity index (χ2n) is 9.06. The van der Waals surface area contributed by atoms with Gasteiger partial charge in [0.25, 0.3) is 0 Å². The van der Waals surface area contributed by atoms with Crippen molar-refractivity contribution in [2.75, 3.05) is 20.1 Å². The molecule has 0 bridgehead atoms. The molecule has 0 aliphatic rings. The second kappa shape index (κ2) is 14.1. The number of amides is 1. The summed E-state index contributed by atoms with van der Waals surface area (Å²) in [7, 11) is 1.74. The molecule has 0 saturated heterocycles. The Hall–Kier alpha value is -2.30. The lowest BCUT2D eigenvalue weighted by Gasteiger charge is -2.24. The predicted octanol–water partition coefficient (Wildman–Crippen LogP) is 4.26. The van der Waals surface area contributed by atoms with Crippen molar-refractivity contribution in [2.45, 2.75) is 59.9 Å². The maximum Gasteiger partial charge on any atom is 0.410 e. The first-order chi connectivity index (χ1) is 15.2. The Morgan fingerprint density at radius 3 is 2.45 bits per heavy atom. The number of hydrogen-bond acceptors (Lipinski definition) is 4. The molecule has 9 heteroatoms. The summed E-state index contributed by atoms with van der Waals surface area (Å²) in [5.74, 6) is 1.22. The summed E-state index contributed by atoms with van der Waals surface area (Å²) >= 11 is 0. The minimum atomic E-state index is -0.498. The Labute approximate surface area is 215 Å². The molecule has 0 saturated carbocycles. The first-order valence-corrected chi connectivity index (χ1v) is 11.2. The monoisotopic (exact) mass is 570 g/mol. The summed E-state index contributed by atoms with van der Waals surface area (Å²) in [6, 6.07) is 10.1. The molecule has 8 nitrogen and oxygen atoms in total. The molecule has 2 rings (SSSR count). The number of ether oxygens (including phenoxy) is 1. The molecular formula is C24H39IN6O2. The molecule has 1 amide bonds. The SMILES string of the molecule is CCNC(=NCc1ccc(CN(C)C(=O)OC(C)(C)C)cc1)NCC(C)Cn1cccn1.I. The van der Waals surface area contributed by atoms with Gasteiger partial charge in [0.05, 0.1) is 6.54 Å². The van der Waals surface area contributed by atoms with Crippen LogP contribution in [-0.2, 0) is 24.4 Å². The van der Waals surface area contributed by atoms with E-state index in [0.717, 1.165) is 36.7 Å². The van der Waals surface area contributed by atoms with Crippen LogP contribution in [0.15, 0.2) is 47.7 Å². The highest BCUT2D eigenvalue weighted by Gasteiger charge is 2.19. The van der Waals surface area contributed by atoms with Gasteiger partial charge in [-0.15, -0.1) is 24.0 Å². The van der Waals surface area contributed by atoms with Gasteiger partial charge in [0, 0.05) is 45.6 Å². The van der Waals surface area contributed by atoms with Gasteiger partial charge in [0.1, 0.15) is 5.60 Å². The van der Waals surface area contributed by atoms with E-state index in [1.165, 1.54) is 0 Å². The number of aliphatic imine (C=N–C) groups is 1. The zero-order valence-corrected chi connectivity index (χ0v) is 23.0. The Balaban J connectivity index is 0.00000544. The second-order valence-corrected chi connectivity index (χ2v) is 9.06. The van der Waals surface area contributed by atoms with Crippen molar-refractivity contribution in [3.8, 4) is 0 Å². The van der Waals surface area contributed by atoms with E-state index in [4.69, 9.17) is 9.73 Å². The molecule has 0 aliphatic heterocycles. The zero-order chi connectivity index (χ0) is 23.6. The fourth-order valence-corrected chi connectivity index (χ4v) is 3.00. The van der Waals surface area contributed by atoms with E-state index in [0.29, 0.717) is 19.0 Å². The van der Waals surface area contributed by atoms with Crippen LogP contribution in [0.2, 0.25) is 0 Å². The molecule has 33 heavy (non-hydrogen) atoms. The number of aromatic nitrogens is 2. The van der Waals surface area contributed by atoms with E-state index in [1.54, 1.807) is 18.1 Å². The third-order valence-corrected chi connectivity index (χ3v) is 4.59. The number of carbonyl (C=O) groups is 1. The number of benzene rings is 1. The molecule has 1 atom stereocenters. The fourth-order valence-electron chi connectivity index (χ4n) is 3.00. The van der Waals surface area contributed by atoms with Gasteiger partial charge < -0.3 is 20.3 Å². The molecule has 184 valence electrons. The summed E-state index contributed by atoms with van der Waals surface area (Å²) in [4.78, 5) is 18.4. The van der Waals surface area contributed by atoms with Crippen LogP contribution in [0.3, 0.4) is 0 Å². The van der Waals surface area contributed by atoms with Crippen molar-refractivity contribution in [1.29, 1.82) is 0 Å². The van der Waals surface area contributed by atoms with E-state index in [-0.39, 0.29) is 30.1 Å². The number of halogens is 1. The first-order valence-electron chi connectivity index (χ1n) is 11.2. The highest BCUT2D eigenvalue weighted by Crippen LogP contribution is 2.12. The van der Waals surface area contributed by atoms with E-state index in [1.807, 2.05) is 62.0 Å². The maximum absolute atomic E-state index is 12.1. The molecule has 1 aromatic carbocycles. The lowest BCUT2D eigenvalue weighted by Crippen LogP contribution is -2.40. The molecule has 0 fully saturated rings. The highest BCUT2D eigenvalue weighted by molar-refractivity contribution is 14.0. The van der Waals surface area contributed by atoms with Crippen molar-refractivity contribution in [3.63, 3.8) is 0 Å². The quantitative estimate of drug-likeness (QED) is 0.268. The van der Waals surface area contributed by atoms with Crippen molar-refractivity contribution in [3.05, 3.63) is 53.9 Å². The Morgan fingerprint density at radius 1 is 1.21 bits per heavy atom. The van der Waals surface area contributed by atoms with Crippen molar-refractivity contribution < 1.29 is 9.53 Å². The van der Waals surface area contributed by atoms with E-state index >= 15 is 0 Å². The van der Waals surface area contributed by atoms with Crippen LogP contribution in [0.1, 0.15) is 45.7 Å². The first kappa shape index (κ1) is 28.7. The fraction of sp³-hybridized carbons (Fsp3) is 0.542. The standard InChI is InChI=1S/C24H38N6O2.HI/c1-7-25-22(26-15-19(2)17-30-14-8-13-28-30)27-16-20-9-11-21(12-10-20)18-29(6)23(31)32-24(3,4)5;/h8-14,19H,7,15-18H2,1-6H3,(H2,25,26,27);1H. The van der Waals surface area contributed by atoms with Crippen LogP contribution in [0.4, 0.5) is 4.79 Å². The molecular weight excluding hydrogens is 531 g/mol. The number of guanidine groups is 1. The van der Waals surface area contributed by atoms with Crippen LogP contribution in [-0.4, -0.2) is 52.5 Å². The van der Waals surface area contributed by atoms with Gasteiger partial charge in [-0.2, -0.15) is 5.10 Å². The average Bonchev–Trinajstić information content (AvgIpc) is 3.22. The van der Waals surface area contributed by atoms with Crippen molar-refractivity contribution in [1.82, 2.24) is 25.3 Å². The summed E-state index contributed by atoms with van der Waals surface area (Å²) in [6.45, 7) is 13.4. The molecule has 1 unspecified atom stereocenters. The average molecular weight is 571 g/mol. The van der Waals surface area contributed by atoms with Gasteiger partial charge in [-0.25, -0.2) is 9.79 Å². The van der Waals surface area contributed by atoms with E-state index in [9.17, 15) is 4.79 Å². The Kier molecular flexibility index (Phi) is 12.2. The van der Waals surface area contributed by atoms with Crippen molar-refractivity contribution in [2.24, 2.45) is 10.9 Å². The van der Waals surface area contributed by atoms with Gasteiger partial charge in [-0.3, -0.25) is 4.68 Å². The topological polar surface area (TPSA) is 83.8 Å². The van der Waals surface area contributed by atoms with Gasteiger partial charge in [0.15, 0.2) is 5.96 Å². The van der Waals surface area contributed by atoms with Crippen LogP contribution >= 0.6 is 24.0 Å². The lowest BCUT2D eigenvalue weighted by molar-refractivity contribution is 0.0285. The van der Waals surface area contributed by atoms with Crippen LogP contribution in [0.5, 0.6) is 0 Å². The Morgan fingerprint density at radius 2 is 1.88 bits per heavy atom. The van der Waals surface area contributed by atoms with Gasteiger partial charge in [-0.05, 0) is 50.8 Å². The summed E-state index contributed by atoms with van der Waals surface area (Å²) in [6.07, 6.45) is 3.45. The zero-order valence-electron chi connectivity index (χ0n) is 20.7. The van der Waals surface area contributed by atoms with Crippen LogP contribution < -0.4 is 10.6 Å². The summed E-state index contributed by atoms with van der Waals surface area (Å²) in [5, 5.41) is 11.0. The van der Waals surface area contributed by atoms with Gasteiger partial charge in [0.2, 0.25) is 0 Å². The van der Waals surface area contributed by atoms with E-state index < -0.39 is 5.60 Å². The minimum Gasteiger partial charge on any atom is -0.444 e. The van der Waals surface area contributed by atoms with Crippen molar-refractivity contribution >= 4 is 36.0 Å². The summed E-state index contributed by atoms with van der Waals surface area (Å²) < 4.78 is 7.35. The molecule has 0 spiro atoms. The third kappa shape index (κ3) is 11.4. The third-order valence-electron chi connectivity index (χ3n) is 4.59. The highest BCUT2D eigenvalue weighted by atomic mass is 127. The normalized spacial score (nSPS) is 12.5. The predicted molar refractivity (Wildman–Crippen MR) is 144 cm³/mol. The van der Waals surface area contributed by atoms with Gasteiger partial charge >= 0.3 is 6.09 Å². The smallest absolute Gasteiger partial charge is 0.410 e. The number of nitrogens with one attached hydrogen (secondary N) is 2. The molecule has 0 radical (unpaired) electrons. The van der Waals surface area contributed by atoms with Crippen LogP contribution in [0, 0.1) is 5.92 Å². The van der Waals surface area contributed by atoms with E-state index in [2.05, 4.69) is 29.6 Å². The molecule has 2 aromatic rings. The summed E-state index contributed by atoms with van der Waals surface area (Å²) in [5.41, 5.74) is 1.65. The molecule has 2 N–H and O–H groups in total. The largest absolute Gasteiger partial charge is 0.444 e. The number of rotatable bonds is 9. The lowest BCUT2D eigenvalue weighted by atomic mass is 10.1. The number of nitrogens with zero attached hydrogens (tertiary/aromatic N) is 4. The minimum absolute atomic E-state index is 0. The number of carbonyl (C=O) groups excluding carboxylic acids is 1. The number of hydrogen-bond donors (Lipinski definition) is 2. The van der Waals surface area contributed by atoms with Gasteiger partial charge in [-0.1, -0.05) is 31.2 Å².